The van der Waals surface area contributed by atoms with Gasteiger partial charge in [-0.2, -0.15) is 0 Å². The Bertz CT molecular complexity index is 706. The normalized spacial score (nSPS) is 10.2. The Morgan fingerprint density at radius 3 is 2.76 bits per heavy atom. The van der Waals surface area contributed by atoms with Crippen LogP contribution in [-0.4, -0.2) is 27.8 Å². The van der Waals surface area contributed by atoms with Crippen molar-refractivity contribution in [3.05, 3.63) is 57.0 Å². The van der Waals surface area contributed by atoms with Gasteiger partial charge in [-0.05, 0) is 6.07 Å². The number of non-ortho nitro benzene ring substituents is 1. The number of nitro benzene ring substituents is 1. The summed E-state index contributed by atoms with van der Waals surface area (Å²) >= 11 is 5.79. The molecule has 108 valence electrons. The number of nitrogens with zero attached hydrogens (tertiary/aromatic N) is 3. The molecule has 0 bridgehead atoms. The van der Waals surface area contributed by atoms with Crippen LogP contribution < -0.4 is 4.74 Å². The van der Waals surface area contributed by atoms with E-state index in [9.17, 15) is 14.9 Å². The summed E-state index contributed by atoms with van der Waals surface area (Å²) in [6, 6.07) is 5.28. The molecule has 2 rings (SSSR count). The first-order valence-electron chi connectivity index (χ1n) is 5.82. The SMILES string of the molecule is COc1cc(CC(=O)c2cc(Cl)cc([N+](=O)[O-])c2)ncn1. The van der Waals surface area contributed by atoms with Gasteiger partial charge in [0, 0.05) is 28.8 Å². The van der Waals surface area contributed by atoms with Crippen LogP contribution in [0, 0.1) is 10.1 Å². The molecule has 2 aromatic rings. The van der Waals surface area contributed by atoms with Crippen LogP contribution in [0.4, 0.5) is 5.69 Å². The Hall–Kier alpha value is -2.54. The fraction of sp³-hybridized carbons (Fsp3) is 0.154. The van der Waals surface area contributed by atoms with Crippen molar-refractivity contribution in [1.29, 1.82) is 0 Å². The third-order valence-corrected chi connectivity index (χ3v) is 2.88. The molecule has 0 fully saturated rings. The van der Waals surface area contributed by atoms with Crippen LogP contribution in [0.1, 0.15) is 16.1 Å². The molecule has 0 radical (unpaired) electrons. The molecule has 0 atom stereocenters. The van der Waals surface area contributed by atoms with Crippen LogP contribution in [0.25, 0.3) is 0 Å². The van der Waals surface area contributed by atoms with Gasteiger partial charge in [-0.25, -0.2) is 9.97 Å². The number of Topliss-reactive ketones (excluding diaryl/α,β-unsaturated/α-hetero) is 1. The Labute approximate surface area is 124 Å². The number of aromatic nitrogens is 2. The van der Waals surface area contributed by atoms with Gasteiger partial charge in [-0.15, -0.1) is 0 Å². The summed E-state index contributed by atoms with van der Waals surface area (Å²) in [5.74, 6) is 0.00577. The average Bonchev–Trinajstić information content (AvgIpc) is 2.46. The van der Waals surface area contributed by atoms with E-state index < -0.39 is 4.92 Å². The second-order valence-electron chi connectivity index (χ2n) is 4.11. The summed E-state index contributed by atoms with van der Waals surface area (Å²) < 4.78 is 4.94. The number of ketones is 1. The van der Waals surface area contributed by atoms with Crippen molar-refractivity contribution < 1.29 is 14.5 Å². The van der Waals surface area contributed by atoms with Crippen molar-refractivity contribution in [2.75, 3.05) is 7.11 Å². The zero-order chi connectivity index (χ0) is 15.4. The van der Waals surface area contributed by atoms with Gasteiger partial charge in [-0.1, -0.05) is 11.6 Å². The molecule has 1 heterocycles. The van der Waals surface area contributed by atoms with Crippen molar-refractivity contribution >= 4 is 23.1 Å². The zero-order valence-corrected chi connectivity index (χ0v) is 11.7. The van der Waals surface area contributed by atoms with E-state index in [0.717, 1.165) is 0 Å². The quantitative estimate of drug-likeness (QED) is 0.478. The number of hydrogen-bond acceptors (Lipinski definition) is 6. The molecule has 7 nitrogen and oxygen atoms in total. The number of carbonyl (C=O) groups is 1. The molecular weight excluding hydrogens is 298 g/mol. The van der Waals surface area contributed by atoms with Crippen molar-refractivity contribution in [3.8, 4) is 5.88 Å². The molecule has 8 heteroatoms. The maximum Gasteiger partial charge on any atom is 0.271 e. The van der Waals surface area contributed by atoms with Crippen molar-refractivity contribution in [1.82, 2.24) is 9.97 Å². The van der Waals surface area contributed by atoms with Gasteiger partial charge in [0.05, 0.1) is 24.1 Å². The van der Waals surface area contributed by atoms with Crippen LogP contribution in [-0.2, 0) is 6.42 Å². The summed E-state index contributed by atoms with van der Waals surface area (Å²) in [5.41, 5.74) is 0.382. The number of nitro groups is 1. The average molecular weight is 308 g/mol. The number of carbonyl (C=O) groups excluding carboxylic acids is 1. The van der Waals surface area contributed by atoms with E-state index in [0.29, 0.717) is 11.6 Å². The van der Waals surface area contributed by atoms with Gasteiger partial charge >= 0.3 is 0 Å². The predicted octanol–water partition coefficient (Wildman–Crippen LogP) is 2.47. The lowest BCUT2D eigenvalue weighted by Gasteiger charge is -2.03. The largest absolute Gasteiger partial charge is 0.481 e. The van der Waals surface area contributed by atoms with Gasteiger partial charge in [0.15, 0.2) is 5.78 Å². The third-order valence-electron chi connectivity index (χ3n) is 2.66. The molecule has 1 aromatic heterocycles. The van der Waals surface area contributed by atoms with Crippen LogP contribution in [0.15, 0.2) is 30.6 Å². The molecular formula is C13H10ClN3O4. The number of rotatable bonds is 5. The van der Waals surface area contributed by atoms with E-state index >= 15 is 0 Å². The van der Waals surface area contributed by atoms with Crippen LogP contribution in [0.5, 0.6) is 5.88 Å². The molecule has 0 unspecified atom stereocenters. The number of benzene rings is 1. The lowest BCUT2D eigenvalue weighted by molar-refractivity contribution is -0.384. The van der Waals surface area contributed by atoms with Gasteiger partial charge < -0.3 is 4.74 Å². The zero-order valence-electron chi connectivity index (χ0n) is 10.9. The maximum absolute atomic E-state index is 12.2. The highest BCUT2D eigenvalue weighted by Gasteiger charge is 2.15. The Morgan fingerprint density at radius 2 is 2.10 bits per heavy atom. The number of halogens is 1. The highest BCUT2D eigenvalue weighted by atomic mass is 35.5. The summed E-state index contributed by atoms with van der Waals surface area (Å²) in [4.78, 5) is 30.1. The first-order valence-corrected chi connectivity index (χ1v) is 6.20. The minimum Gasteiger partial charge on any atom is -0.481 e. The van der Waals surface area contributed by atoms with E-state index in [2.05, 4.69) is 9.97 Å². The van der Waals surface area contributed by atoms with E-state index in [-0.39, 0.29) is 28.5 Å². The van der Waals surface area contributed by atoms with E-state index in [4.69, 9.17) is 16.3 Å². The molecule has 0 aliphatic rings. The van der Waals surface area contributed by atoms with Crippen LogP contribution in [0.3, 0.4) is 0 Å². The summed E-state index contributed by atoms with van der Waals surface area (Å²) in [7, 11) is 1.45. The molecule has 0 spiro atoms. The highest BCUT2D eigenvalue weighted by Crippen LogP contribution is 2.22. The van der Waals surface area contributed by atoms with Crippen molar-refractivity contribution in [2.45, 2.75) is 6.42 Å². The number of methoxy groups -OCH3 is 1. The molecule has 0 N–H and O–H groups in total. The Morgan fingerprint density at radius 1 is 1.33 bits per heavy atom. The first kappa shape index (κ1) is 14.9. The summed E-state index contributed by atoms with van der Waals surface area (Å²) in [5, 5.41) is 10.9. The lowest BCUT2D eigenvalue weighted by atomic mass is 10.1. The van der Waals surface area contributed by atoms with Gasteiger partial charge in [-0.3, -0.25) is 14.9 Å². The van der Waals surface area contributed by atoms with Gasteiger partial charge in [0.25, 0.3) is 5.69 Å². The molecule has 0 amide bonds. The number of ether oxygens (including phenoxy) is 1. The van der Waals surface area contributed by atoms with E-state index in [1.165, 1.54) is 37.7 Å². The maximum atomic E-state index is 12.2. The molecule has 0 aliphatic carbocycles. The third kappa shape index (κ3) is 3.73. The fourth-order valence-corrected chi connectivity index (χ4v) is 1.92. The summed E-state index contributed by atoms with van der Waals surface area (Å²) in [6.07, 6.45) is 1.25. The van der Waals surface area contributed by atoms with Gasteiger partial charge in [0.2, 0.25) is 5.88 Å². The summed E-state index contributed by atoms with van der Waals surface area (Å²) in [6.45, 7) is 0. The first-order chi connectivity index (χ1) is 9.99. The smallest absolute Gasteiger partial charge is 0.271 e. The molecule has 0 saturated carbocycles. The Kier molecular flexibility index (Phi) is 4.44. The minimum absolute atomic E-state index is 0.0314. The second-order valence-corrected chi connectivity index (χ2v) is 4.54. The topological polar surface area (TPSA) is 95.2 Å². The molecule has 1 aromatic carbocycles. The fourth-order valence-electron chi connectivity index (χ4n) is 1.69. The Balaban J connectivity index is 2.25. The minimum atomic E-state index is -0.601. The molecule has 0 aliphatic heterocycles. The molecule has 0 saturated heterocycles. The van der Waals surface area contributed by atoms with Crippen molar-refractivity contribution in [3.63, 3.8) is 0 Å². The van der Waals surface area contributed by atoms with E-state index in [1.54, 1.807) is 0 Å². The molecule has 21 heavy (non-hydrogen) atoms. The van der Waals surface area contributed by atoms with Gasteiger partial charge in [0.1, 0.15) is 6.33 Å². The van der Waals surface area contributed by atoms with Crippen LogP contribution >= 0.6 is 11.6 Å². The lowest BCUT2D eigenvalue weighted by Crippen LogP contribution is -2.06. The number of hydrogen-bond donors (Lipinski definition) is 0. The van der Waals surface area contributed by atoms with Crippen LogP contribution in [0.2, 0.25) is 5.02 Å². The monoisotopic (exact) mass is 307 g/mol. The highest BCUT2D eigenvalue weighted by molar-refractivity contribution is 6.31. The van der Waals surface area contributed by atoms with Crippen molar-refractivity contribution in [2.24, 2.45) is 0 Å². The van der Waals surface area contributed by atoms with E-state index in [1.807, 2.05) is 0 Å². The second kappa shape index (κ2) is 6.27. The standard InChI is InChI=1S/C13H10ClN3O4/c1-21-13-6-10(15-7-16-13)5-12(18)8-2-9(14)4-11(3-8)17(19)20/h2-4,6-7H,5H2,1H3. The predicted molar refractivity (Wildman–Crippen MR) is 74.7 cm³/mol.